The van der Waals surface area contributed by atoms with Crippen molar-refractivity contribution in [1.29, 1.82) is 0 Å². The van der Waals surface area contributed by atoms with E-state index in [4.69, 9.17) is 0 Å². The first-order valence-electron chi connectivity index (χ1n) is 9.36. The minimum absolute atomic E-state index is 0. The molecule has 1 atom stereocenters. The van der Waals surface area contributed by atoms with Crippen molar-refractivity contribution in [2.24, 2.45) is 0 Å². The number of aryl methyl sites for hydroxylation is 1. The first-order chi connectivity index (χ1) is 12.4. The predicted molar refractivity (Wildman–Crippen MR) is 106 cm³/mol. The van der Waals surface area contributed by atoms with E-state index in [0.717, 1.165) is 6.42 Å². The van der Waals surface area contributed by atoms with Crippen molar-refractivity contribution < 1.29 is 26.2 Å². The van der Waals surface area contributed by atoms with Crippen LogP contribution in [0.1, 0.15) is 46.6 Å². The maximum absolute atomic E-state index is 2.38. The van der Waals surface area contributed by atoms with Crippen LogP contribution >= 0.6 is 0 Å². The zero-order valence-electron chi connectivity index (χ0n) is 14.9. The molecule has 3 aromatic carbocycles. The molecule has 5 rings (SSSR count). The smallest absolute Gasteiger partial charge is 0.00273 e. The second-order valence-corrected chi connectivity index (χ2v) is 7.26. The molecule has 0 radical (unpaired) electrons. The molecule has 0 bridgehead atoms. The van der Waals surface area contributed by atoms with Gasteiger partial charge in [0, 0.05) is 32.1 Å². The summed E-state index contributed by atoms with van der Waals surface area (Å²) in [4.78, 5) is 0. The summed E-state index contributed by atoms with van der Waals surface area (Å²) in [5.41, 5.74) is 10.4. The van der Waals surface area contributed by atoms with E-state index in [-0.39, 0.29) is 26.2 Å². The Morgan fingerprint density at radius 2 is 1.62 bits per heavy atom. The van der Waals surface area contributed by atoms with Crippen LogP contribution in [-0.4, -0.2) is 0 Å². The summed E-state index contributed by atoms with van der Waals surface area (Å²) in [5.74, 6) is 0.602. The maximum Gasteiger partial charge on any atom is 0.00273 e. The van der Waals surface area contributed by atoms with Crippen molar-refractivity contribution >= 4 is 6.08 Å². The molecule has 2 aliphatic rings. The first-order valence-corrected chi connectivity index (χ1v) is 9.36. The molecule has 2 aliphatic carbocycles. The SMILES string of the molecule is C1=CC(CCCc2cccc3c2Cc2ccccc2-3)c2ccccc21.[Zr]. The fourth-order valence-corrected chi connectivity index (χ4v) is 4.55. The van der Waals surface area contributed by atoms with E-state index in [9.17, 15) is 0 Å². The topological polar surface area (TPSA) is 0 Å². The molecule has 0 amide bonds. The summed E-state index contributed by atoms with van der Waals surface area (Å²) >= 11 is 0. The molecule has 0 aromatic heterocycles. The standard InChI is InChI=1S/C25H22.Zr/c1-3-12-22-19(7-1)15-16-20(22)10-5-9-18-11-6-14-24-23-13-4-2-8-21(23)17-25(18)24;/h1-4,6-8,11-16,20H,5,9-10,17H2;. The fourth-order valence-electron chi connectivity index (χ4n) is 4.55. The normalized spacial score (nSPS) is 15.9. The van der Waals surface area contributed by atoms with Crippen molar-refractivity contribution in [1.82, 2.24) is 0 Å². The molecule has 26 heavy (non-hydrogen) atoms. The molecule has 1 heteroatoms. The molecule has 0 heterocycles. The monoisotopic (exact) mass is 412 g/mol. The molecule has 0 saturated carbocycles. The van der Waals surface area contributed by atoms with Gasteiger partial charge < -0.3 is 0 Å². The minimum Gasteiger partial charge on any atom is -0.0764 e. The third-order valence-electron chi connectivity index (χ3n) is 5.81. The zero-order valence-corrected chi connectivity index (χ0v) is 17.4. The van der Waals surface area contributed by atoms with Gasteiger partial charge in [-0.25, -0.2) is 0 Å². The van der Waals surface area contributed by atoms with Crippen LogP contribution in [0.15, 0.2) is 72.8 Å². The summed E-state index contributed by atoms with van der Waals surface area (Å²) in [6, 6.07) is 24.6. The van der Waals surface area contributed by atoms with Gasteiger partial charge in [-0.05, 0) is 64.6 Å². The predicted octanol–water partition coefficient (Wildman–Crippen LogP) is 6.39. The Morgan fingerprint density at radius 3 is 2.58 bits per heavy atom. The summed E-state index contributed by atoms with van der Waals surface area (Å²) in [6.45, 7) is 0. The van der Waals surface area contributed by atoms with Gasteiger partial charge in [-0.2, -0.15) is 0 Å². The van der Waals surface area contributed by atoms with E-state index in [1.807, 2.05) is 0 Å². The zero-order chi connectivity index (χ0) is 16.6. The number of benzene rings is 3. The van der Waals surface area contributed by atoms with Gasteiger partial charge in [0.1, 0.15) is 0 Å². The molecule has 0 saturated heterocycles. The molecular weight excluding hydrogens is 391 g/mol. The van der Waals surface area contributed by atoms with Crippen LogP contribution in [0.3, 0.4) is 0 Å². The van der Waals surface area contributed by atoms with Crippen LogP contribution in [0, 0.1) is 0 Å². The van der Waals surface area contributed by atoms with Crippen molar-refractivity contribution in [2.75, 3.05) is 0 Å². The number of allylic oxidation sites excluding steroid dienone is 1. The van der Waals surface area contributed by atoms with Crippen LogP contribution in [0.5, 0.6) is 0 Å². The second-order valence-electron chi connectivity index (χ2n) is 7.26. The second kappa shape index (κ2) is 7.49. The third kappa shape index (κ3) is 3.08. The Hall–Kier alpha value is -1.72. The average molecular weight is 414 g/mol. The summed E-state index contributed by atoms with van der Waals surface area (Å²) < 4.78 is 0. The number of rotatable bonds is 4. The molecule has 0 aliphatic heterocycles. The largest absolute Gasteiger partial charge is 0.0764 e. The van der Waals surface area contributed by atoms with Crippen molar-refractivity contribution in [2.45, 2.75) is 31.6 Å². The van der Waals surface area contributed by atoms with Crippen LogP contribution in [0.2, 0.25) is 0 Å². The molecular formula is C25H22Zr. The van der Waals surface area contributed by atoms with Crippen LogP contribution in [0.25, 0.3) is 17.2 Å². The van der Waals surface area contributed by atoms with Crippen LogP contribution in [0.4, 0.5) is 0 Å². The molecule has 0 spiro atoms. The van der Waals surface area contributed by atoms with Gasteiger partial charge in [-0.1, -0.05) is 78.9 Å². The molecule has 126 valence electrons. The molecule has 1 unspecified atom stereocenters. The van der Waals surface area contributed by atoms with Gasteiger partial charge >= 0.3 is 0 Å². The Kier molecular flexibility index (Phi) is 5.10. The van der Waals surface area contributed by atoms with Crippen LogP contribution < -0.4 is 0 Å². The Labute approximate surface area is 175 Å². The van der Waals surface area contributed by atoms with E-state index in [1.54, 1.807) is 11.1 Å². The van der Waals surface area contributed by atoms with Crippen molar-refractivity contribution in [3.63, 3.8) is 0 Å². The molecule has 0 fully saturated rings. The Morgan fingerprint density at radius 1 is 0.808 bits per heavy atom. The van der Waals surface area contributed by atoms with Gasteiger partial charge in [-0.3, -0.25) is 0 Å². The summed E-state index contributed by atoms with van der Waals surface area (Å²) in [7, 11) is 0. The first kappa shape index (κ1) is 17.7. The van der Waals surface area contributed by atoms with Gasteiger partial charge in [0.05, 0.1) is 0 Å². The number of hydrogen-bond acceptors (Lipinski definition) is 0. The number of hydrogen-bond donors (Lipinski definition) is 0. The van der Waals surface area contributed by atoms with Crippen molar-refractivity contribution in [3.8, 4) is 11.1 Å². The molecule has 0 nitrogen and oxygen atoms in total. The third-order valence-corrected chi connectivity index (χ3v) is 5.81. The summed E-state index contributed by atoms with van der Waals surface area (Å²) in [5, 5.41) is 0. The van der Waals surface area contributed by atoms with E-state index in [0.29, 0.717) is 5.92 Å². The van der Waals surface area contributed by atoms with E-state index in [2.05, 4.69) is 78.9 Å². The fraction of sp³-hybridized carbons (Fsp3) is 0.200. The summed E-state index contributed by atoms with van der Waals surface area (Å²) in [6.07, 6.45) is 9.45. The quantitative estimate of drug-likeness (QED) is 0.364. The van der Waals surface area contributed by atoms with Gasteiger partial charge in [0.15, 0.2) is 0 Å². The minimum atomic E-state index is 0. The average Bonchev–Trinajstić information content (AvgIpc) is 3.24. The van der Waals surface area contributed by atoms with Gasteiger partial charge in [0.2, 0.25) is 0 Å². The Balaban J connectivity index is 0.00000168. The molecule has 3 aromatic rings. The van der Waals surface area contributed by atoms with E-state index in [1.165, 1.54) is 47.1 Å². The number of fused-ring (bicyclic) bond motifs is 4. The van der Waals surface area contributed by atoms with E-state index < -0.39 is 0 Å². The van der Waals surface area contributed by atoms with Gasteiger partial charge in [-0.15, -0.1) is 0 Å². The van der Waals surface area contributed by atoms with E-state index >= 15 is 0 Å². The Bertz CT molecular complexity index is 967. The molecule has 0 N–H and O–H groups in total. The van der Waals surface area contributed by atoms with Gasteiger partial charge in [0.25, 0.3) is 0 Å². The van der Waals surface area contributed by atoms with Crippen LogP contribution in [-0.2, 0) is 39.0 Å². The van der Waals surface area contributed by atoms with Crippen molar-refractivity contribution in [3.05, 3.63) is 101 Å². The maximum atomic E-state index is 2.38.